The van der Waals surface area contributed by atoms with Gasteiger partial charge in [0.1, 0.15) is 0 Å². The molecule has 1 nitrogen and oxygen atoms in total. The van der Waals surface area contributed by atoms with E-state index in [1.54, 1.807) is 0 Å². The molecular weight excluding hydrogens is 136 g/mol. The van der Waals surface area contributed by atoms with E-state index in [4.69, 9.17) is 4.74 Å². The van der Waals surface area contributed by atoms with Crippen molar-refractivity contribution in [3.63, 3.8) is 0 Å². The lowest BCUT2D eigenvalue weighted by atomic mass is 9.64. The molecule has 64 valence electrons. The molecule has 1 aliphatic carbocycles. The van der Waals surface area contributed by atoms with Crippen LogP contribution in [0, 0.1) is 10.8 Å². The van der Waals surface area contributed by atoms with E-state index in [9.17, 15) is 0 Å². The highest BCUT2D eigenvalue weighted by Crippen LogP contribution is 2.48. The predicted molar refractivity (Wildman–Crippen MR) is 45.5 cm³/mol. The molecule has 0 amide bonds. The van der Waals surface area contributed by atoms with Gasteiger partial charge in [-0.2, -0.15) is 0 Å². The Bertz CT molecular complexity index is 144. The minimum absolute atomic E-state index is 0.612. The Hall–Kier alpha value is -0.0400. The fraction of sp³-hybridized carbons (Fsp3) is 1.00. The Morgan fingerprint density at radius 1 is 0.909 bits per heavy atom. The van der Waals surface area contributed by atoms with Crippen LogP contribution in [0.4, 0.5) is 0 Å². The topological polar surface area (TPSA) is 9.23 Å². The van der Waals surface area contributed by atoms with Gasteiger partial charge in [0, 0.05) is 5.41 Å². The smallest absolute Gasteiger partial charge is 0.0544 e. The van der Waals surface area contributed by atoms with Crippen molar-refractivity contribution in [3.8, 4) is 0 Å². The van der Waals surface area contributed by atoms with Gasteiger partial charge in [-0.3, -0.25) is 0 Å². The summed E-state index contributed by atoms with van der Waals surface area (Å²) in [7, 11) is 0. The zero-order valence-electron chi connectivity index (χ0n) is 7.65. The third-order valence-electron chi connectivity index (χ3n) is 3.48. The van der Waals surface area contributed by atoms with Gasteiger partial charge in [-0.05, 0) is 31.1 Å². The van der Waals surface area contributed by atoms with Crippen molar-refractivity contribution in [2.45, 2.75) is 39.5 Å². The first-order valence-electron chi connectivity index (χ1n) is 4.70. The van der Waals surface area contributed by atoms with Crippen LogP contribution in [0.15, 0.2) is 0 Å². The molecule has 0 N–H and O–H groups in total. The van der Waals surface area contributed by atoms with Crippen molar-refractivity contribution in [1.82, 2.24) is 0 Å². The average molecular weight is 154 g/mol. The zero-order valence-corrected chi connectivity index (χ0v) is 7.65. The van der Waals surface area contributed by atoms with Crippen LogP contribution >= 0.6 is 0 Å². The standard InChI is InChI=1S/C10H18O/c1-9(2)3-5-10(6-4-9)7-11-8-10/h3-8H2,1-2H3. The molecule has 11 heavy (non-hydrogen) atoms. The molecule has 0 bridgehead atoms. The monoisotopic (exact) mass is 154 g/mol. The summed E-state index contributed by atoms with van der Waals surface area (Å²) in [6, 6.07) is 0. The maximum absolute atomic E-state index is 5.28. The van der Waals surface area contributed by atoms with E-state index < -0.39 is 0 Å². The van der Waals surface area contributed by atoms with Gasteiger partial charge in [-0.1, -0.05) is 13.8 Å². The Labute approximate surface area is 69.1 Å². The fourth-order valence-corrected chi connectivity index (χ4v) is 2.14. The highest BCUT2D eigenvalue weighted by atomic mass is 16.5. The average Bonchev–Trinajstić information content (AvgIpc) is 1.84. The Kier molecular flexibility index (Phi) is 1.54. The first-order chi connectivity index (χ1) is 5.12. The van der Waals surface area contributed by atoms with E-state index in [2.05, 4.69) is 13.8 Å². The Morgan fingerprint density at radius 2 is 1.45 bits per heavy atom. The zero-order chi connectivity index (χ0) is 7.95. The van der Waals surface area contributed by atoms with Crippen LogP contribution in [0.2, 0.25) is 0 Å². The quantitative estimate of drug-likeness (QED) is 0.521. The van der Waals surface area contributed by atoms with Crippen molar-refractivity contribution in [2.75, 3.05) is 13.2 Å². The van der Waals surface area contributed by atoms with Gasteiger partial charge < -0.3 is 4.74 Å². The van der Waals surface area contributed by atoms with E-state index in [1.807, 2.05) is 0 Å². The van der Waals surface area contributed by atoms with Gasteiger partial charge in [0.25, 0.3) is 0 Å². The molecule has 0 aromatic heterocycles. The molecule has 2 fully saturated rings. The molecule has 0 aromatic carbocycles. The highest BCUT2D eigenvalue weighted by Gasteiger charge is 2.43. The minimum atomic E-state index is 0.612. The SMILES string of the molecule is CC1(C)CCC2(CC1)COC2. The molecule has 1 saturated heterocycles. The molecular formula is C10H18O. The summed E-state index contributed by atoms with van der Waals surface area (Å²) in [6.07, 6.45) is 5.60. The van der Waals surface area contributed by atoms with Crippen molar-refractivity contribution >= 4 is 0 Å². The summed E-state index contributed by atoms with van der Waals surface area (Å²) >= 11 is 0. The van der Waals surface area contributed by atoms with Crippen LogP contribution in [-0.4, -0.2) is 13.2 Å². The molecule has 1 heterocycles. The molecule has 0 atom stereocenters. The summed E-state index contributed by atoms with van der Waals surface area (Å²) in [6.45, 7) is 6.87. The lowest BCUT2D eigenvalue weighted by molar-refractivity contribution is -0.142. The molecule has 1 spiro atoms. The van der Waals surface area contributed by atoms with Gasteiger partial charge in [0.15, 0.2) is 0 Å². The summed E-state index contributed by atoms with van der Waals surface area (Å²) in [5.41, 5.74) is 1.25. The van der Waals surface area contributed by atoms with Gasteiger partial charge in [-0.15, -0.1) is 0 Å². The van der Waals surface area contributed by atoms with Crippen molar-refractivity contribution < 1.29 is 4.74 Å². The third kappa shape index (κ3) is 1.31. The number of hydrogen-bond donors (Lipinski definition) is 0. The maximum Gasteiger partial charge on any atom is 0.0544 e. The summed E-state index contributed by atoms with van der Waals surface area (Å²) in [5, 5.41) is 0. The molecule has 0 radical (unpaired) electrons. The largest absolute Gasteiger partial charge is 0.380 e. The van der Waals surface area contributed by atoms with Gasteiger partial charge >= 0.3 is 0 Å². The van der Waals surface area contributed by atoms with E-state index in [0.29, 0.717) is 10.8 Å². The van der Waals surface area contributed by atoms with Crippen molar-refractivity contribution in [1.29, 1.82) is 0 Å². The van der Waals surface area contributed by atoms with Crippen LogP contribution in [0.3, 0.4) is 0 Å². The van der Waals surface area contributed by atoms with Crippen LogP contribution in [-0.2, 0) is 4.74 Å². The Balaban J connectivity index is 1.94. The number of rotatable bonds is 0. The van der Waals surface area contributed by atoms with Gasteiger partial charge in [0.05, 0.1) is 13.2 Å². The van der Waals surface area contributed by atoms with Crippen LogP contribution in [0.5, 0.6) is 0 Å². The first-order valence-corrected chi connectivity index (χ1v) is 4.70. The van der Waals surface area contributed by atoms with Gasteiger partial charge in [0.2, 0.25) is 0 Å². The molecule has 1 heteroatoms. The lowest BCUT2D eigenvalue weighted by Crippen LogP contribution is -2.46. The van der Waals surface area contributed by atoms with Crippen molar-refractivity contribution in [2.24, 2.45) is 10.8 Å². The highest BCUT2D eigenvalue weighted by molar-refractivity contribution is 4.92. The molecule has 1 aliphatic heterocycles. The number of ether oxygens (including phenoxy) is 1. The summed E-state index contributed by atoms with van der Waals surface area (Å²) in [4.78, 5) is 0. The molecule has 1 saturated carbocycles. The molecule has 0 unspecified atom stereocenters. The lowest BCUT2D eigenvalue weighted by Gasteiger charge is -2.48. The predicted octanol–water partition coefficient (Wildman–Crippen LogP) is 2.60. The normalized spacial score (nSPS) is 33.3. The summed E-state index contributed by atoms with van der Waals surface area (Å²) in [5.74, 6) is 0. The molecule has 2 aliphatic rings. The third-order valence-corrected chi connectivity index (χ3v) is 3.48. The van der Waals surface area contributed by atoms with E-state index in [0.717, 1.165) is 13.2 Å². The van der Waals surface area contributed by atoms with E-state index >= 15 is 0 Å². The van der Waals surface area contributed by atoms with Crippen molar-refractivity contribution in [3.05, 3.63) is 0 Å². The minimum Gasteiger partial charge on any atom is -0.380 e. The second-order valence-corrected chi connectivity index (χ2v) is 5.16. The first kappa shape index (κ1) is 7.60. The summed E-state index contributed by atoms with van der Waals surface area (Å²) < 4.78 is 5.28. The Morgan fingerprint density at radius 3 is 1.82 bits per heavy atom. The van der Waals surface area contributed by atoms with Crippen LogP contribution in [0.1, 0.15) is 39.5 Å². The van der Waals surface area contributed by atoms with E-state index in [1.165, 1.54) is 25.7 Å². The van der Waals surface area contributed by atoms with E-state index in [-0.39, 0.29) is 0 Å². The fourth-order valence-electron chi connectivity index (χ4n) is 2.14. The second kappa shape index (κ2) is 2.22. The van der Waals surface area contributed by atoms with Gasteiger partial charge in [-0.25, -0.2) is 0 Å². The number of hydrogen-bond acceptors (Lipinski definition) is 1. The van der Waals surface area contributed by atoms with Crippen LogP contribution < -0.4 is 0 Å². The molecule has 0 aromatic rings. The maximum atomic E-state index is 5.28. The van der Waals surface area contributed by atoms with Crippen LogP contribution in [0.25, 0.3) is 0 Å². The second-order valence-electron chi connectivity index (χ2n) is 5.16. The molecule has 2 rings (SSSR count).